The minimum Gasteiger partial charge on any atom is -0.465 e. The normalized spacial score (nSPS) is 26.3. The molecule has 3 fully saturated rings. The molecule has 0 radical (unpaired) electrons. The number of methoxy groups -OCH3 is 1. The topological polar surface area (TPSA) is 78.9 Å². The molecular formula is C16H23N3O4S. The van der Waals surface area contributed by atoms with Crippen molar-refractivity contribution in [3.05, 3.63) is 35.4 Å². The third-order valence-corrected chi connectivity index (χ3v) is 5.96. The first-order valence-electron chi connectivity index (χ1n) is 8.08. The van der Waals surface area contributed by atoms with E-state index >= 15 is 0 Å². The summed E-state index contributed by atoms with van der Waals surface area (Å²) in [4.78, 5) is 16.3. The predicted octanol–water partition coefficient (Wildman–Crippen LogP) is -0.108. The quantitative estimate of drug-likeness (QED) is 0.719. The van der Waals surface area contributed by atoms with Crippen molar-refractivity contribution >= 4 is 16.0 Å². The molecule has 132 valence electrons. The van der Waals surface area contributed by atoms with Gasteiger partial charge >= 0.3 is 5.97 Å². The number of rotatable bonds is 6. The zero-order valence-electron chi connectivity index (χ0n) is 13.8. The smallest absolute Gasteiger partial charge is 0.337 e. The summed E-state index contributed by atoms with van der Waals surface area (Å²) in [6.45, 7) is 5.50. The fourth-order valence-electron chi connectivity index (χ4n) is 3.32. The number of benzene rings is 1. The summed E-state index contributed by atoms with van der Waals surface area (Å²) in [6, 6.07) is 6.77. The molecule has 3 heterocycles. The van der Waals surface area contributed by atoms with Gasteiger partial charge in [-0.2, -0.15) is 0 Å². The number of nitrogens with zero attached hydrogens (tertiary/aromatic N) is 2. The highest BCUT2D eigenvalue weighted by Crippen LogP contribution is 2.15. The van der Waals surface area contributed by atoms with Gasteiger partial charge in [-0.05, 0) is 17.7 Å². The molecule has 0 spiro atoms. The minimum atomic E-state index is -3.45. The van der Waals surface area contributed by atoms with Crippen LogP contribution in [0.5, 0.6) is 0 Å². The molecule has 0 aliphatic carbocycles. The molecule has 1 aromatic rings. The maximum absolute atomic E-state index is 12.3. The summed E-state index contributed by atoms with van der Waals surface area (Å²) in [5.74, 6) is -0.615. The zero-order valence-corrected chi connectivity index (χ0v) is 14.6. The Morgan fingerprint density at radius 2 is 2.04 bits per heavy atom. The molecule has 0 aromatic heterocycles. The molecule has 7 nitrogen and oxygen atoms in total. The van der Waals surface area contributed by atoms with E-state index in [1.807, 2.05) is 0 Å². The number of nitrogens with one attached hydrogen (secondary N) is 1. The minimum absolute atomic E-state index is 0.145. The SMILES string of the molecule is COC(=O)c1cccc(CS(=O)(=O)NCC2CN3CCN2CC3)c1. The Bertz CT molecular complexity index is 699. The second-order valence-electron chi connectivity index (χ2n) is 6.29. The lowest BCUT2D eigenvalue weighted by Crippen LogP contribution is -2.63. The van der Waals surface area contributed by atoms with E-state index in [9.17, 15) is 13.2 Å². The van der Waals surface area contributed by atoms with E-state index < -0.39 is 16.0 Å². The Kier molecular flexibility index (Phi) is 5.19. The van der Waals surface area contributed by atoms with Gasteiger partial charge in [-0.15, -0.1) is 0 Å². The van der Waals surface area contributed by atoms with Crippen LogP contribution in [0.1, 0.15) is 15.9 Å². The summed E-state index contributed by atoms with van der Waals surface area (Å²) in [5, 5.41) is 0. The first-order chi connectivity index (χ1) is 11.5. The third-order valence-electron chi connectivity index (χ3n) is 4.64. The molecule has 3 saturated heterocycles. The van der Waals surface area contributed by atoms with Gasteiger partial charge in [0.2, 0.25) is 10.0 Å². The Labute approximate surface area is 142 Å². The van der Waals surface area contributed by atoms with Crippen LogP contribution in [0.2, 0.25) is 0 Å². The second-order valence-corrected chi connectivity index (χ2v) is 8.10. The maximum Gasteiger partial charge on any atom is 0.337 e. The fourth-order valence-corrected chi connectivity index (χ4v) is 4.48. The van der Waals surface area contributed by atoms with Crippen molar-refractivity contribution in [2.75, 3.05) is 46.4 Å². The molecule has 1 unspecified atom stereocenters. The average Bonchev–Trinajstić information content (AvgIpc) is 2.60. The first-order valence-corrected chi connectivity index (χ1v) is 9.73. The Morgan fingerprint density at radius 1 is 1.29 bits per heavy atom. The van der Waals surface area contributed by atoms with Gasteiger partial charge < -0.3 is 4.74 Å². The van der Waals surface area contributed by atoms with Crippen molar-refractivity contribution in [3.8, 4) is 0 Å². The van der Waals surface area contributed by atoms with Gasteiger partial charge in [0.15, 0.2) is 0 Å². The van der Waals surface area contributed by atoms with E-state index in [2.05, 4.69) is 19.3 Å². The van der Waals surface area contributed by atoms with Crippen LogP contribution in [0.4, 0.5) is 0 Å². The third kappa shape index (κ3) is 4.13. The molecule has 1 atom stereocenters. The highest BCUT2D eigenvalue weighted by atomic mass is 32.2. The summed E-state index contributed by atoms with van der Waals surface area (Å²) in [6.07, 6.45) is 0. The van der Waals surface area contributed by atoms with Crippen molar-refractivity contribution in [1.29, 1.82) is 0 Å². The van der Waals surface area contributed by atoms with E-state index in [-0.39, 0.29) is 11.8 Å². The Hall–Kier alpha value is -1.48. The Balaban J connectivity index is 1.59. The lowest BCUT2D eigenvalue weighted by atomic mass is 10.1. The fraction of sp³-hybridized carbons (Fsp3) is 0.562. The van der Waals surface area contributed by atoms with Crippen LogP contribution in [0, 0.1) is 0 Å². The number of carbonyl (C=O) groups excluding carboxylic acids is 1. The van der Waals surface area contributed by atoms with Crippen LogP contribution in [-0.4, -0.2) is 76.6 Å². The average molecular weight is 353 g/mol. The van der Waals surface area contributed by atoms with E-state index in [4.69, 9.17) is 0 Å². The largest absolute Gasteiger partial charge is 0.465 e. The van der Waals surface area contributed by atoms with E-state index in [0.717, 1.165) is 32.7 Å². The molecular weight excluding hydrogens is 330 g/mol. The van der Waals surface area contributed by atoms with Gasteiger partial charge in [-0.3, -0.25) is 9.80 Å². The number of hydrogen-bond donors (Lipinski definition) is 1. The molecule has 4 rings (SSSR count). The van der Waals surface area contributed by atoms with Crippen molar-refractivity contribution in [2.45, 2.75) is 11.8 Å². The predicted molar refractivity (Wildman–Crippen MR) is 90.2 cm³/mol. The van der Waals surface area contributed by atoms with E-state index in [1.165, 1.54) is 7.11 Å². The van der Waals surface area contributed by atoms with Crippen molar-refractivity contribution in [3.63, 3.8) is 0 Å². The summed E-state index contributed by atoms with van der Waals surface area (Å²) >= 11 is 0. The Morgan fingerprint density at radius 3 is 2.67 bits per heavy atom. The van der Waals surface area contributed by atoms with Gasteiger partial charge in [-0.1, -0.05) is 12.1 Å². The van der Waals surface area contributed by atoms with Gasteiger partial charge in [0.25, 0.3) is 0 Å². The number of carbonyl (C=O) groups is 1. The van der Waals surface area contributed by atoms with Gasteiger partial charge in [-0.25, -0.2) is 17.9 Å². The van der Waals surface area contributed by atoms with Crippen LogP contribution in [0.15, 0.2) is 24.3 Å². The number of sulfonamides is 1. The molecule has 24 heavy (non-hydrogen) atoms. The summed E-state index contributed by atoms with van der Waals surface area (Å²) < 4.78 is 32.1. The number of ether oxygens (including phenoxy) is 1. The second kappa shape index (κ2) is 7.18. The summed E-state index contributed by atoms with van der Waals surface area (Å²) in [5.41, 5.74) is 0.924. The van der Waals surface area contributed by atoms with Crippen LogP contribution < -0.4 is 4.72 Å². The zero-order chi connectivity index (χ0) is 17.2. The van der Waals surface area contributed by atoms with Gasteiger partial charge in [0.05, 0.1) is 18.4 Å². The molecule has 0 amide bonds. The standard InChI is InChI=1S/C16H23N3O4S/c1-23-16(20)14-4-2-3-13(9-14)12-24(21,22)17-10-15-11-18-5-7-19(15)8-6-18/h2-4,9,15,17H,5-8,10-12H2,1H3. The molecule has 0 saturated carbocycles. The van der Waals surface area contributed by atoms with E-state index in [0.29, 0.717) is 17.7 Å². The molecule has 3 aliphatic heterocycles. The molecule has 3 aliphatic rings. The molecule has 1 N–H and O–H groups in total. The first kappa shape index (κ1) is 17.3. The van der Waals surface area contributed by atoms with Crippen LogP contribution in [0.3, 0.4) is 0 Å². The van der Waals surface area contributed by atoms with Crippen molar-refractivity contribution < 1.29 is 17.9 Å². The number of hydrogen-bond acceptors (Lipinski definition) is 6. The maximum atomic E-state index is 12.3. The highest BCUT2D eigenvalue weighted by Gasteiger charge is 2.32. The lowest BCUT2D eigenvalue weighted by Gasteiger charge is -2.47. The molecule has 1 aromatic carbocycles. The molecule has 8 heteroatoms. The number of fused-ring (bicyclic) bond motifs is 3. The number of esters is 1. The van der Waals surface area contributed by atoms with Crippen LogP contribution in [-0.2, 0) is 20.5 Å². The monoisotopic (exact) mass is 353 g/mol. The lowest BCUT2D eigenvalue weighted by molar-refractivity contribution is 0.0158. The number of piperazine rings is 3. The van der Waals surface area contributed by atoms with E-state index in [1.54, 1.807) is 24.3 Å². The van der Waals surface area contributed by atoms with Crippen molar-refractivity contribution in [1.82, 2.24) is 14.5 Å². The van der Waals surface area contributed by atoms with Crippen molar-refractivity contribution in [2.24, 2.45) is 0 Å². The summed E-state index contributed by atoms with van der Waals surface area (Å²) in [7, 11) is -2.15. The van der Waals surface area contributed by atoms with Gasteiger partial charge in [0, 0.05) is 45.3 Å². The molecule has 2 bridgehead atoms. The van der Waals surface area contributed by atoms with Gasteiger partial charge in [0.1, 0.15) is 0 Å². The van der Waals surface area contributed by atoms with Crippen LogP contribution >= 0.6 is 0 Å². The van der Waals surface area contributed by atoms with Crippen LogP contribution in [0.25, 0.3) is 0 Å². The highest BCUT2D eigenvalue weighted by molar-refractivity contribution is 7.88.